The van der Waals surface area contributed by atoms with Crippen LogP contribution in [0.4, 0.5) is 0 Å². The van der Waals surface area contributed by atoms with Crippen molar-refractivity contribution in [3.63, 3.8) is 0 Å². The Morgan fingerprint density at radius 2 is 0.720 bits per heavy atom. The van der Waals surface area contributed by atoms with E-state index < -0.39 is 0 Å². The summed E-state index contributed by atoms with van der Waals surface area (Å²) in [5.74, 6) is 0. The fraction of sp³-hybridized carbons (Fsp3) is 0.840. The molecule has 152 valence electrons. The van der Waals surface area contributed by atoms with Crippen LogP contribution in [0.25, 0.3) is 0 Å². The number of hydrogen-bond acceptors (Lipinski definition) is 0. The van der Waals surface area contributed by atoms with Gasteiger partial charge < -0.3 is 0 Å². The molecule has 0 aromatic carbocycles. The molecule has 0 unspecified atom stereocenters. The maximum absolute atomic E-state index is 3.74. The molecular formula is C25H52. The molecule has 0 heteroatoms. The number of hydrogen-bond donors (Lipinski definition) is 0. The van der Waals surface area contributed by atoms with E-state index in [1.54, 1.807) is 0 Å². The molecule has 0 bridgehead atoms. The van der Waals surface area contributed by atoms with E-state index in [2.05, 4.69) is 40.9 Å². The van der Waals surface area contributed by atoms with Gasteiger partial charge >= 0.3 is 0 Å². The van der Waals surface area contributed by atoms with Gasteiger partial charge in [-0.3, -0.25) is 0 Å². The minimum Gasteiger partial charge on any atom is -0.103 e. The topological polar surface area (TPSA) is 0 Å². The number of allylic oxidation sites excluding steroid dienone is 2. The lowest BCUT2D eigenvalue weighted by Gasteiger charge is -2.01. The van der Waals surface area contributed by atoms with E-state index in [4.69, 9.17) is 0 Å². The van der Waals surface area contributed by atoms with Crippen LogP contribution < -0.4 is 0 Å². The van der Waals surface area contributed by atoms with Crippen molar-refractivity contribution in [3.05, 3.63) is 25.3 Å². The first kappa shape index (κ1) is 29.3. The quantitative estimate of drug-likeness (QED) is 0.191. The van der Waals surface area contributed by atoms with E-state index >= 15 is 0 Å². The standard InChI is InChI=1S/C15H30.C6H14.C4H8/c1-3-5-7-9-11-13-15-14-12-10-8-6-4-2;1-3-5-6-4-2;1-3-4-2/h3H,1,4-15H2,2H3;3-6H2,1-2H3;3H,1,4H2,2H3. The van der Waals surface area contributed by atoms with Crippen LogP contribution in [-0.2, 0) is 0 Å². The Balaban J connectivity index is -0.000000397. The lowest BCUT2D eigenvalue weighted by molar-refractivity contribution is 0.550. The van der Waals surface area contributed by atoms with Crippen molar-refractivity contribution in [2.75, 3.05) is 0 Å². The van der Waals surface area contributed by atoms with Gasteiger partial charge in [-0.05, 0) is 19.3 Å². The Labute approximate surface area is 162 Å². The highest BCUT2D eigenvalue weighted by Gasteiger charge is 1.92. The Kier molecular flexibility index (Phi) is 40.7. The first-order chi connectivity index (χ1) is 12.2. The van der Waals surface area contributed by atoms with Crippen molar-refractivity contribution in [2.24, 2.45) is 0 Å². The maximum Gasteiger partial charge on any atom is -0.0353 e. The summed E-state index contributed by atoms with van der Waals surface area (Å²) >= 11 is 0. The zero-order valence-corrected chi connectivity index (χ0v) is 18.6. The van der Waals surface area contributed by atoms with Gasteiger partial charge in [-0.1, -0.05) is 130 Å². The Morgan fingerprint density at radius 3 is 1.00 bits per heavy atom. The molecule has 0 amide bonds. The molecule has 0 saturated carbocycles. The van der Waals surface area contributed by atoms with Crippen LogP contribution in [0.3, 0.4) is 0 Å². The fourth-order valence-electron chi connectivity index (χ4n) is 2.45. The van der Waals surface area contributed by atoms with Gasteiger partial charge in [0, 0.05) is 0 Å². The first-order valence-corrected chi connectivity index (χ1v) is 11.5. The summed E-state index contributed by atoms with van der Waals surface area (Å²) in [6.07, 6.45) is 27.5. The second kappa shape index (κ2) is 34.7. The summed E-state index contributed by atoms with van der Waals surface area (Å²) in [6.45, 7) is 16.0. The highest BCUT2D eigenvalue weighted by atomic mass is 14.0. The van der Waals surface area contributed by atoms with Gasteiger partial charge in [0.15, 0.2) is 0 Å². The SMILES string of the molecule is C=CCC.C=CCCCCCCCCCCCCC.CCCCCC. The molecule has 25 heavy (non-hydrogen) atoms. The van der Waals surface area contributed by atoms with E-state index in [-0.39, 0.29) is 0 Å². The molecule has 0 aromatic rings. The summed E-state index contributed by atoms with van der Waals surface area (Å²) < 4.78 is 0. The van der Waals surface area contributed by atoms with E-state index in [9.17, 15) is 0 Å². The zero-order valence-electron chi connectivity index (χ0n) is 18.6. The summed E-state index contributed by atoms with van der Waals surface area (Å²) in [5, 5.41) is 0. The van der Waals surface area contributed by atoms with Crippen molar-refractivity contribution in [1.29, 1.82) is 0 Å². The monoisotopic (exact) mass is 352 g/mol. The third-order valence-corrected chi connectivity index (χ3v) is 4.26. The summed E-state index contributed by atoms with van der Waals surface area (Å²) in [7, 11) is 0. The second-order valence-corrected chi connectivity index (χ2v) is 7.02. The summed E-state index contributed by atoms with van der Waals surface area (Å²) in [5.41, 5.74) is 0. The lowest BCUT2D eigenvalue weighted by atomic mass is 10.1. The van der Waals surface area contributed by atoms with Crippen LogP contribution in [0.1, 0.15) is 137 Å². The predicted molar refractivity (Wildman–Crippen MR) is 122 cm³/mol. The summed E-state index contributed by atoms with van der Waals surface area (Å²) in [6, 6.07) is 0. The van der Waals surface area contributed by atoms with Gasteiger partial charge in [0.05, 0.1) is 0 Å². The third kappa shape index (κ3) is 45.2. The average molecular weight is 353 g/mol. The second-order valence-electron chi connectivity index (χ2n) is 7.02. The average Bonchev–Trinajstić information content (AvgIpc) is 2.65. The van der Waals surface area contributed by atoms with E-state index in [0.717, 1.165) is 6.42 Å². The van der Waals surface area contributed by atoms with Crippen molar-refractivity contribution >= 4 is 0 Å². The van der Waals surface area contributed by atoms with Crippen LogP contribution in [0.15, 0.2) is 25.3 Å². The molecule has 0 aromatic heterocycles. The molecular weight excluding hydrogens is 300 g/mol. The first-order valence-electron chi connectivity index (χ1n) is 11.5. The molecule has 0 radical (unpaired) electrons. The predicted octanol–water partition coefficient (Wildman–Crippen LogP) is 10.0. The van der Waals surface area contributed by atoms with E-state index in [1.165, 1.54) is 103 Å². The van der Waals surface area contributed by atoms with Gasteiger partial charge in [0.25, 0.3) is 0 Å². The van der Waals surface area contributed by atoms with Crippen molar-refractivity contribution in [2.45, 2.75) is 137 Å². The van der Waals surface area contributed by atoms with Gasteiger partial charge in [0.2, 0.25) is 0 Å². The lowest BCUT2D eigenvalue weighted by Crippen LogP contribution is -1.81. The molecule has 0 fully saturated rings. The molecule has 0 heterocycles. The van der Waals surface area contributed by atoms with Crippen molar-refractivity contribution in [3.8, 4) is 0 Å². The van der Waals surface area contributed by atoms with Crippen LogP contribution in [0.2, 0.25) is 0 Å². The van der Waals surface area contributed by atoms with Crippen LogP contribution in [-0.4, -0.2) is 0 Å². The van der Waals surface area contributed by atoms with Gasteiger partial charge in [0.1, 0.15) is 0 Å². The fourth-order valence-corrected chi connectivity index (χ4v) is 2.45. The van der Waals surface area contributed by atoms with Crippen LogP contribution in [0.5, 0.6) is 0 Å². The molecule has 0 nitrogen and oxygen atoms in total. The molecule has 0 aliphatic rings. The number of rotatable bonds is 16. The Bertz CT molecular complexity index is 200. The molecule has 0 spiro atoms. The Morgan fingerprint density at radius 1 is 0.440 bits per heavy atom. The third-order valence-electron chi connectivity index (χ3n) is 4.26. The minimum atomic E-state index is 1.08. The largest absolute Gasteiger partial charge is 0.103 e. The zero-order chi connectivity index (χ0) is 19.4. The Hall–Kier alpha value is -0.520. The molecule has 0 N–H and O–H groups in total. The highest BCUT2D eigenvalue weighted by molar-refractivity contribution is 4.65. The van der Waals surface area contributed by atoms with E-state index in [0.29, 0.717) is 0 Å². The minimum absolute atomic E-state index is 1.08. The van der Waals surface area contributed by atoms with Gasteiger partial charge in [-0.2, -0.15) is 0 Å². The molecule has 0 saturated heterocycles. The van der Waals surface area contributed by atoms with E-state index in [1.807, 2.05) is 12.2 Å². The molecule has 0 atom stereocenters. The smallest absolute Gasteiger partial charge is 0.0353 e. The van der Waals surface area contributed by atoms with Crippen LogP contribution in [0, 0.1) is 0 Å². The highest BCUT2D eigenvalue weighted by Crippen LogP contribution is 2.11. The molecule has 0 aliphatic heterocycles. The number of unbranched alkanes of at least 4 members (excludes halogenated alkanes) is 14. The van der Waals surface area contributed by atoms with Crippen molar-refractivity contribution in [1.82, 2.24) is 0 Å². The maximum atomic E-state index is 3.74. The molecule has 0 rings (SSSR count). The van der Waals surface area contributed by atoms with Gasteiger partial charge in [-0.25, -0.2) is 0 Å². The molecule has 0 aliphatic carbocycles. The normalized spacial score (nSPS) is 9.44. The van der Waals surface area contributed by atoms with Gasteiger partial charge in [-0.15, -0.1) is 13.2 Å². The van der Waals surface area contributed by atoms with Crippen LogP contribution >= 0.6 is 0 Å². The summed E-state index contributed by atoms with van der Waals surface area (Å²) in [4.78, 5) is 0. The van der Waals surface area contributed by atoms with Crippen molar-refractivity contribution < 1.29 is 0 Å².